The van der Waals surface area contributed by atoms with Crippen LogP contribution in [0.4, 0.5) is 0 Å². The summed E-state index contributed by atoms with van der Waals surface area (Å²) in [6, 6.07) is 15.4. The molecule has 1 saturated heterocycles. The number of ketones is 1. The fraction of sp³-hybridized carbons (Fsp3) is 0.292. The lowest BCUT2D eigenvalue weighted by atomic mass is 9.90. The number of rotatable bonds is 5. The Hall–Kier alpha value is -2.56. The number of Topliss-reactive ketones (excluding diaryl/α,β-unsaturated/α-hetero) is 1. The van der Waals surface area contributed by atoms with Gasteiger partial charge in [-0.3, -0.25) is 9.69 Å². The minimum Gasteiger partial charge on any atom is -0.298 e. The lowest BCUT2D eigenvalue weighted by molar-refractivity contribution is 0.0811. The number of aromatic nitrogens is 2. The van der Waals surface area contributed by atoms with Crippen LogP contribution < -0.4 is 0 Å². The van der Waals surface area contributed by atoms with E-state index in [9.17, 15) is 4.79 Å². The molecule has 0 bridgehead atoms. The van der Waals surface area contributed by atoms with E-state index in [4.69, 9.17) is 11.6 Å². The van der Waals surface area contributed by atoms with Crippen molar-refractivity contribution in [3.05, 3.63) is 82.6 Å². The summed E-state index contributed by atoms with van der Waals surface area (Å²) in [5.74, 6) is 0.942. The quantitative estimate of drug-likeness (QED) is 0.547. The molecule has 2 aromatic carbocycles. The summed E-state index contributed by atoms with van der Waals surface area (Å²) < 4.78 is 0. The van der Waals surface area contributed by atoms with E-state index < -0.39 is 0 Å². The second kappa shape index (κ2) is 8.85. The van der Waals surface area contributed by atoms with Gasteiger partial charge in [-0.25, -0.2) is 9.97 Å². The van der Waals surface area contributed by atoms with Gasteiger partial charge in [-0.05, 0) is 44.0 Å². The molecule has 3 aromatic rings. The van der Waals surface area contributed by atoms with Crippen molar-refractivity contribution >= 4 is 17.4 Å². The minimum atomic E-state index is 0.00868. The molecule has 1 aliphatic heterocycles. The maximum Gasteiger partial charge on any atom is 0.167 e. The van der Waals surface area contributed by atoms with Crippen molar-refractivity contribution in [3.8, 4) is 11.4 Å². The van der Waals surface area contributed by atoms with E-state index in [0.29, 0.717) is 10.6 Å². The van der Waals surface area contributed by atoms with Crippen molar-refractivity contribution in [1.82, 2.24) is 14.9 Å². The van der Waals surface area contributed by atoms with Crippen LogP contribution >= 0.6 is 11.6 Å². The third-order valence-corrected chi connectivity index (χ3v) is 5.72. The third-order valence-electron chi connectivity index (χ3n) is 5.48. The van der Waals surface area contributed by atoms with Crippen molar-refractivity contribution in [2.75, 3.05) is 13.1 Å². The van der Waals surface area contributed by atoms with Gasteiger partial charge in [0.2, 0.25) is 0 Å². The summed E-state index contributed by atoms with van der Waals surface area (Å²) in [7, 11) is 0. The molecule has 1 fully saturated rings. The Morgan fingerprint density at radius 1 is 1.14 bits per heavy atom. The van der Waals surface area contributed by atoms with Crippen molar-refractivity contribution in [1.29, 1.82) is 0 Å². The molecule has 0 radical (unpaired) electrons. The van der Waals surface area contributed by atoms with Gasteiger partial charge in [-0.1, -0.05) is 48.0 Å². The smallest absolute Gasteiger partial charge is 0.167 e. The van der Waals surface area contributed by atoms with E-state index in [1.807, 2.05) is 42.7 Å². The first-order valence-electron chi connectivity index (χ1n) is 9.99. The predicted molar refractivity (Wildman–Crippen MR) is 116 cm³/mol. The highest BCUT2D eigenvalue weighted by molar-refractivity contribution is 6.31. The predicted octanol–water partition coefficient (Wildman–Crippen LogP) is 5.20. The lowest BCUT2D eigenvalue weighted by Crippen LogP contribution is -2.38. The maximum atomic E-state index is 12.9. The molecular weight excluding hydrogens is 382 g/mol. The average Bonchev–Trinajstić information content (AvgIpc) is 2.74. The molecule has 4 rings (SSSR count). The van der Waals surface area contributed by atoms with E-state index in [2.05, 4.69) is 27.9 Å². The van der Waals surface area contributed by atoms with Gasteiger partial charge in [0.25, 0.3) is 0 Å². The van der Waals surface area contributed by atoms with Crippen LogP contribution in [0.2, 0.25) is 5.02 Å². The molecule has 1 aliphatic rings. The molecular formula is C24H24ClN3O. The summed E-state index contributed by atoms with van der Waals surface area (Å²) >= 11 is 6.05. The third kappa shape index (κ3) is 4.72. The number of halogens is 1. The molecule has 5 heteroatoms. The van der Waals surface area contributed by atoms with Crippen LogP contribution in [0.3, 0.4) is 0 Å². The Bertz CT molecular complexity index is 1000. The van der Waals surface area contributed by atoms with E-state index in [0.717, 1.165) is 49.4 Å². The van der Waals surface area contributed by atoms with Crippen molar-refractivity contribution < 1.29 is 4.79 Å². The summed E-state index contributed by atoms with van der Waals surface area (Å²) in [6.07, 6.45) is 5.73. The molecule has 4 nitrogen and oxygen atoms in total. The highest BCUT2D eigenvalue weighted by Crippen LogP contribution is 2.24. The second-order valence-corrected chi connectivity index (χ2v) is 8.12. The Morgan fingerprint density at radius 3 is 2.69 bits per heavy atom. The topological polar surface area (TPSA) is 46.1 Å². The zero-order valence-corrected chi connectivity index (χ0v) is 17.3. The van der Waals surface area contributed by atoms with Crippen molar-refractivity contribution in [3.63, 3.8) is 0 Å². The number of carbonyl (C=O) groups excluding carboxylic acids is 1. The Balaban J connectivity index is 1.42. The zero-order valence-electron chi connectivity index (χ0n) is 16.5. The monoisotopic (exact) mass is 405 g/mol. The van der Waals surface area contributed by atoms with Gasteiger partial charge in [0.05, 0.1) is 0 Å². The Labute approximate surface area is 176 Å². The van der Waals surface area contributed by atoms with Gasteiger partial charge < -0.3 is 0 Å². The highest BCUT2D eigenvalue weighted by Gasteiger charge is 2.26. The standard InChI is InChI=1S/C24H24ClN3O/c1-17-6-2-3-10-22(17)24-26-13-18(14-27-24)15-28-11-5-8-20(16-28)23(29)19-7-4-9-21(25)12-19/h2-4,6-7,9-10,12-14,20H,5,8,11,15-16H2,1H3/t20-/m0/s1. The maximum absolute atomic E-state index is 12.9. The van der Waals surface area contributed by atoms with E-state index in [1.54, 1.807) is 12.1 Å². The number of hydrogen-bond donors (Lipinski definition) is 0. The molecule has 0 aliphatic carbocycles. The van der Waals surface area contributed by atoms with Crippen molar-refractivity contribution in [2.24, 2.45) is 5.92 Å². The first-order chi connectivity index (χ1) is 14.1. The largest absolute Gasteiger partial charge is 0.298 e. The summed E-state index contributed by atoms with van der Waals surface area (Å²) in [5.41, 5.74) is 4.00. The number of nitrogens with zero attached hydrogens (tertiary/aromatic N) is 3. The summed E-state index contributed by atoms with van der Waals surface area (Å²) in [6.45, 7) is 4.56. The molecule has 29 heavy (non-hydrogen) atoms. The summed E-state index contributed by atoms with van der Waals surface area (Å²) in [4.78, 5) is 24.3. The molecule has 2 heterocycles. The summed E-state index contributed by atoms with van der Waals surface area (Å²) in [5, 5.41) is 0.606. The van der Waals surface area contributed by atoms with Gasteiger partial charge in [-0.2, -0.15) is 0 Å². The van der Waals surface area contributed by atoms with E-state index in [-0.39, 0.29) is 11.7 Å². The van der Waals surface area contributed by atoms with Crippen LogP contribution in [0.5, 0.6) is 0 Å². The molecule has 0 amide bonds. The van der Waals surface area contributed by atoms with Crippen molar-refractivity contribution in [2.45, 2.75) is 26.3 Å². The normalized spacial score (nSPS) is 17.2. The highest BCUT2D eigenvalue weighted by atomic mass is 35.5. The minimum absolute atomic E-state index is 0.00868. The Morgan fingerprint density at radius 2 is 1.93 bits per heavy atom. The average molecular weight is 406 g/mol. The molecule has 0 saturated carbocycles. The van der Waals surface area contributed by atoms with Gasteiger partial charge in [0.15, 0.2) is 11.6 Å². The molecule has 148 valence electrons. The SMILES string of the molecule is Cc1ccccc1-c1ncc(CN2CCC[C@H](C(=O)c3cccc(Cl)c3)C2)cn1. The molecule has 0 unspecified atom stereocenters. The number of likely N-dealkylation sites (tertiary alicyclic amines) is 1. The molecule has 0 N–H and O–H groups in total. The number of hydrogen-bond acceptors (Lipinski definition) is 4. The van der Waals surface area contributed by atoms with Gasteiger partial charge in [-0.15, -0.1) is 0 Å². The molecule has 1 aromatic heterocycles. The lowest BCUT2D eigenvalue weighted by Gasteiger charge is -2.31. The number of carbonyl (C=O) groups is 1. The van der Waals surface area contributed by atoms with Crippen LogP contribution in [-0.2, 0) is 6.54 Å². The van der Waals surface area contributed by atoms with Gasteiger partial charge >= 0.3 is 0 Å². The number of piperidine rings is 1. The van der Waals surface area contributed by atoms with Crippen LogP contribution in [0.1, 0.15) is 34.3 Å². The first kappa shape index (κ1) is 19.7. The van der Waals surface area contributed by atoms with Crippen LogP contribution in [0, 0.1) is 12.8 Å². The fourth-order valence-corrected chi connectivity index (χ4v) is 4.14. The fourth-order valence-electron chi connectivity index (χ4n) is 3.95. The second-order valence-electron chi connectivity index (χ2n) is 7.68. The first-order valence-corrected chi connectivity index (χ1v) is 10.4. The molecule has 1 atom stereocenters. The van der Waals surface area contributed by atoms with Crippen LogP contribution in [0.15, 0.2) is 60.9 Å². The van der Waals surface area contributed by atoms with Gasteiger partial charge in [0, 0.05) is 53.1 Å². The molecule has 0 spiro atoms. The number of benzene rings is 2. The van der Waals surface area contributed by atoms with Gasteiger partial charge in [0.1, 0.15) is 0 Å². The van der Waals surface area contributed by atoms with Crippen LogP contribution in [-0.4, -0.2) is 33.7 Å². The number of aryl methyl sites for hydroxylation is 1. The van der Waals surface area contributed by atoms with Crippen LogP contribution in [0.25, 0.3) is 11.4 Å². The van der Waals surface area contributed by atoms with E-state index in [1.165, 1.54) is 5.56 Å². The zero-order chi connectivity index (χ0) is 20.2. The Kier molecular flexibility index (Phi) is 6.02. The van der Waals surface area contributed by atoms with E-state index >= 15 is 0 Å².